The van der Waals surface area contributed by atoms with Crippen LogP contribution in [-0.2, 0) is 11.2 Å². The first-order valence-electron chi connectivity index (χ1n) is 9.88. The summed E-state index contributed by atoms with van der Waals surface area (Å²) in [6, 6.07) is 14.7. The Morgan fingerprint density at radius 1 is 0.963 bits per heavy atom. The number of nitrogens with zero attached hydrogens (tertiary/aromatic N) is 1. The largest absolute Gasteiger partial charge is 0.491 e. The molecule has 2 aromatic carbocycles. The van der Waals surface area contributed by atoms with Gasteiger partial charge in [0.05, 0.1) is 5.60 Å². The highest BCUT2D eigenvalue weighted by Crippen LogP contribution is 2.33. The Bertz CT molecular complexity index is 950. The highest BCUT2D eigenvalue weighted by atomic mass is 16.5. The van der Waals surface area contributed by atoms with Crippen LogP contribution in [0.3, 0.4) is 0 Å². The molecule has 3 rings (SSSR count). The zero-order chi connectivity index (χ0) is 20.0. The van der Waals surface area contributed by atoms with Crippen molar-refractivity contribution in [1.29, 1.82) is 0 Å². The van der Waals surface area contributed by atoms with Crippen LogP contribution in [0.25, 0.3) is 21.8 Å². The molecule has 4 heteroatoms. The number of hydrogen-bond donors (Lipinski definition) is 1. The Morgan fingerprint density at radius 2 is 1.59 bits per heavy atom. The lowest BCUT2D eigenvalue weighted by atomic mass is 9.73. The normalized spacial score (nSPS) is 13.1. The van der Waals surface area contributed by atoms with Gasteiger partial charge in [-0.1, -0.05) is 65.0 Å². The van der Waals surface area contributed by atoms with Gasteiger partial charge in [0.15, 0.2) is 0 Å². The number of benzene rings is 2. The van der Waals surface area contributed by atoms with Crippen molar-refractivity contribution in [2.24, 2.45) is 11.3 Å². The molecular formula is C23H32BNO2. The van der Waals surface area contributed by atoms with E-state index >= 15 is 0 Å². The maximum absolute atomic E-state index is 10.8. The van der Waals surface area contributed by atoms with Crippen molar-refractivity contribution in [1.82, 2.24) is 4.57 Å². The molecule has 0 radical (unpaired) electrons. The molecule has 3 aromatic rings. The Morgan fingerprint density at radius 3 is 2.22 bits per heavy atom. The second-order valence-corrected chi connectivity index (χ2v) is 9.53. The van der Waals surface area contributed by atoms with E-state index < -0.39 is 12.7 Å². The van der Waals surface area contributed by atoms with Gasteiger partial charge in [0, 0.05) is 28.4 Å². The Labute approximate surface area is 163 Å². The van der Waals surface area contributed by atoms with Gasteiger partial charge in [-0.25, -0.2) is 0 Å². The topological polar surface area (TPSA) is 34.4 Å². The van der Waals surface area contributed by atoms with Crippen molar-refractivity contribution in [3.63, 3.8) is 0 Å². The first-order chi connectivity index (χ1) is 12.5. The lowest BCUT2D eigenvalue weighted by Gasteiger charge is -2.40. The standard InChI is InChI=1S/C23H32BNO2/c1-16(2)15-25-20-11-9-8-10-18(20)19-13-12-17(14-21(19)25)24(26)27-23(6,7)22(3,4)5/h8-14,16,26H,15H2,1-7H3. The summed E-state index contributed by atoms with van der Waals surface area (Å²) in [7, 11) is -0.950. The molecule has 0 saturated carbocycles. The molecule has 1 N–H and O–H groups in total. The third-order valence-electron chi connectivity index (χ3n) is 5.84. The van der Waals surface area contributed by atoms with Crippen molar-refractivity contribution < 1.29 is 9.68 Å². The van der Waals surface area contributed by atoms with Gasteiger partial charge >= 0.3 is 7.12 Å². The van der Waals surface area contributed by atoms with E-state index in [4.69, 9.17) is 4.65 Å². The van der Waals surface area contributed by atoms with Crippen LogP contribution in [0, 0.1) is 11.3 Å². The summed E-state index contributed by atoms with van der Waals surface area (Å²) in [5.74, 6) is 0.536. The SMILES string of the molecule is CC(C)Cn1c2ccccc2c2ccc(B(O)OC(C)(C)C(C)(C)C)cc21. The van der Waals surface area contributed by atoms with Crippen LogP contribution < -0.4 is 5.46 Å². The van der Waals surface area contributed by atoms with Crippen LogP contribution >= 0.6 is 0 Å². The number of aromatic nitrogens is 1. The van der Waals surface area contributed by atoms with Crippen LogP contribution in [0.5, 0.6) is 0 Å². The summed E-state index contributed by atoms with van der Waals surface area (Å²) in [6.45, 7) is 15.9. The van der Waals surface area contributed by atoms with E-state index in [1.807, 2.05) is 19.9 Å². The summed E-state index contributed by atoms with van der Waals surface area (Å²) in [4.78, 5) is 0. The maximum atomic E-state index is 10.8. The Kier molecular flexibility index (Phi) is 5.17. The maximum Gasteiger partial charge on any atom is 0.491 e. The highest BCUT2D eigenvalue weighted by Gasteiger charge is 2.37. The van der Waals surface area contributed by atoms with E-state index in [-0.39, 0.29) is 5.41 Å². The van der Waals surface area contributed by atoms with Crippen LogP contribution in [0.1, 0.15) is 48.5 Å². The summed E-state index contributed by atoms with van der Waals surface area (Å²) in [6.07, 6.45) is 0. The van der Waals surface area contributed by atoms with Gasteiger partial charge in [-0.15, -0.1) is 0 Å². The highest BCUT2D eigenvalue weighted by molar-refractivity contribution is 6.60. The molecule has 0 aliphatic carbocycles. The number of hydrogen-bond acceptors (Lipinski definition) is 2. The van der Waals surface area contributed by atoms with E-state index in [1.165, 1.54) is 16.3 Å². The molecule has 0 aliphatic heterocycles. The zero-order valence-electron chi connectivity index (χ0n) is 17.7. The van der Waals surface area contributed by atoms with Crippen LogP contribution in [0.4, 0.5) is 0 Å². The molecule has 0 bridgehead atoms. The van der Waals surface area contributed by atoms with Crippen molar-refractivity contribution >= 4 is 34.4 Å². The monoisotopic (exact) mass is 365 g/mol. The first kappa shape index (κ1) is 20.0. The fourth-order valence-corrected chi connectivity index (χ4v) is 3.31. The minimum atomic E-state index is -0.950. The van der Waals surface area contributed by atoms with Gasteiger partial charge in [0.2, 0.25) is 0 Å². The van der Waals surface area contributed by atoms with E-state index in [9.17, 15) is 5.02 Å². The van der Waals surface area contributed by atoms with Gasteiger partial charge in [-0.2, -0.15) is 0 Å². The summed E-state index contributed by atoms with van der Waals surface area (Å²) in [5, 5.41) is 13.3. The van der Waals surface area contributed by atoms with E-state index in [0.29, 0.717) is 5.92 Å². The molecule has 1 aromatic heterocycles. The lowest BCUT2D eigenvalue weighted by Crippen LogP contribution is -2.48. The minimum Gasteiger partial charge on any atom is -0.423 e. The van der Waals surface area contributed by atoms with E-state index in [1.54, 1.807) is 0 Å². The molecule has 0 unspecified atom stereocenters. The van der Waals surface area contributed by atoms with Crippen molar-refractivity contribution in [3.05, 3.63) is 42.5 Å². The molecule has 0 atom stereocenters. The third kappa shape index (κ3) is 3.79. The summed E-state index contributed by atoms with van der Waals surface area (Å²) < 4.78 is 8.44. The molecule has 0 spiro atoms. The Hall–Kier alpha value is -1.78. The molecule has 27 heavy (non-hydrogen) atoms. The molecule has 0 saturated heterocycles. The van der Waals surface area contributed by atoms with E-state index in [0.717, 1.165) is 17.5 Å². The van der Waals surface area contributed by atoms with Crippen LogP contribution in [0.15, 0.2) is 42.5 Å². The molecular weight excluding hydrogens is 333 g/mol. The predicted molar refractivity (Wildman–Crippen MR) is 117 cm³/mol. The first-order valence-corrected chi connectivity index (χ1v) is 9.88. The predicted octanol–water partition coefficient (Wildman–Crippen LogP) is 4.98. The molecule has 144 valence electrons. The van der Waals surface area contributed by atoms with Crippen LogP contribution in [-0.4, -0.2) is 22.3 Å². The molecule has 1 heterocycles. The van der Waals surface area contributed by atoms with Gasteiger partial charge in [-0.3, -0.25) is 0 Å². The lowest BCUT2D eigenvalue weighted by molar-refractivity contribution is -0.0129. The van der Waals surface area contributed by atoms with Crippen LogP contribution in [0.2, 0.25) is 0 Å². The van der Waals surface area contributed by atoms with E-state index in [2.05, 4.69) is 75.6 Å². The average Bonchev–Trinajstić information content (AvgIpc) is 2.87. The second-order valence-electron chi connectivity index (χ2n) is 9.53. The number of fused-ring (bicyclic) bond motifs is 3. The Balaban J connectivity index is 2.08. The summed E-state index contributed by atoms with van der Waals surface area (Å²) in [5.41, 5.74) is 2.66. The van der Waals surface area contributed by atoms with Crippen molar-refractivity contribution in [2.45, 2.75) is 60.6 Å². The number of para-hydroxylation sites is 1. The molecule has 0 fully saturated rings. The van der Waals surface area contributed by atoms with Gasteiger partial charge in [-0.05, 0) is 42.8 Å². The minimum absolute atomic E-state index is 0.0787. The molecule has 3 nitrogen and oxygen atoms in total. The van der Waals surface area contributed by atoms with Crippen molar-refractivity contribution in [2.75, 3.05) is 0 Å². The quantitative estimate of drug-likeness (QED) is 0.647. The smallest absolute Gasteiger partial charge is 0.423 e. The molecule has 0 amide bonds. The zero-order valence-corrected chi connectivity index (χ0v) is 17.7. The molecule has 0 aliphatic rings. The second kappa shape index (κ2) is 6.99. The fraction of sp³-hybridized carbons (Fsp3) is 0.478. The summed E-state index contributed by atoms with van der Waals surface area (Å²) >= 11 is 0. The van der Waals surface area contributed by atoms with Crippen molar-refractivity contribution in [3.8, 4) is 0 Å². The van der Waals surface area contributed by atoms with Gasteiger partial charge < -0.3 is 14.2 Å². The average molecular weight is 365 g/mol. The van der Waals surface area contributed by atoms with Gasteiger partial charge in [0.1, 0.15) is 0 Å². The fourth-order valence-electron chi connectivity index (χ4n) is 3.31. The van der Waals surface area contributed by atoms with Gasteiger partial charge in [0.25, 0.3) is 0 Å². The third-order valence-corrected chi connectivity index (χ3v) is 5.84. The number of rotatable bonds is 5.